The molecule has 2 heteroatoms. The van der Waals surface area contributed by atoms with E-state index in [1.807, 2.05) is 51.1 Å². The molecule has 1 aromatic rings. The molecule has 2 nitrogen and oxygen atoms in total. The number of carbonyl (C=O) groups excluding carboxylic acids is 1. The van der Waals surface area contributed by atoms with Gasteiger partial charge in [-0.3, -0.25) is 0 Å². The Labute approximate surface area is 96.9 Å². The molecule has 1 aromatic carbocycles. The zero-order valence-electron chi connectivity index (χ0n) is 10.1. The van der Waals surface area contributed by atoms with Crippen molar-refractivity contribution in [1.82, 2.24) is 0 Å². The normalized spacial score (nSPS) is 11.7. The van der Waals surface area contributed by atoms with Crippen molar-refractivity contribution in [1.29, 1.82) is 0 Å². The SMILES string of the molecule is CC(C)(C)COC(=O)/C=C/c1ccccc1. The molecule has 0 spiro atoms. The van der Waals surface area contributed by atoms with Gasteiger partial charge in [-0.15, -0.1) is 0 Å². The fourth-order valence-electron chi connectivity index (χ4n) is 1.06. The number of ether oxygens (including phenoxy) is 1. The summed E-state index contributed by atoms with van der Waals surface area (Å²) in [7, 11) is 0. The van der Waals surface area contributed by atoms with Gasteiger partial charge in [0.05, 0.1) is 6.61 Å². The minimum atomic E-state index is -0.293. The van der Waals surface area contributed by atoms with Crippen molar-refractivity contribution in [2.75, 3.05) is 6.61 Å². The van der Waals surface area contributed by atoms with Gasteiger partial charge in [0.1, 0.15) is 0 Å². The Morgan fingerprint density at radius 2 is 1.88 bits per heavy atom. The van der Waals surface area contributed by atoms with Gasteiger partial charge in [-0.1, -0.05) is 51.1 Å². The maximum atomic E-state index is 11.4. The van der Waals surface area contributed by atoms with Crippen LogP contribution in [0.15, 0.2) is 36.4 Å². The first kappa shape index (κ1) is 12.5. The lowest BCUT2D eigenvalue weighted by Gasteiger charge is -2.16. The van der Waals surface area contributed by atoms with Gasteiger partial charge in [-0.05, 0) is 17.1 Å². The van der Waals surface area contributed by atoms with Crippen LogP contribution in [-0.2, 0) is 9.53 Å². The lowest BCUT2D eigenvalue weighted by molar-refractivity contribution is -0.140. The second-order valence-electron chi connectivity index (χ2n) is 4.91. The van der Waals surface area contributed by atoms with Gasteiger partial charge in [0.15, 0.2) is 0 Å². The van der Waals surface area contributed by atoms with Crippen LogP contribution < -0.4 is 0 Å². The van der Waals surface area contributed by atoms with E-state index in [4.69, 9.17) is 4.74 Å². The minimum absolute atomic E-state index is 0.0102. The third kappa shape index (κ3) is 5.35. The van der Waals surface area contributed by atoms with Crippen molar-refractivity contribution in [3.63, 3.8) is 0 Å². The second kappa shape index (κ2) is 5.50. The minimum Gasteiger partial charge on any atom is -0.462 e. The summed E-state index contributed by atoms with van der Waals surface area (Å²) < 4.78 is 5.10. The Bertz CT molecular complexity index is 358. The van der Waals surface area contributed by atoms with Crippen LogP contribution >= 0.6 is 0 Å². The summed E-state index contributed by atoms with van der Waals surface area (Å²) in [4.78, 5) is 11.4. The molecule has 0 unspecified atom stereocenters. The van der Waals surface area contributed by atoms with E-state index in [9.17, 15) is 4.79 Å². The van der Waals surface area contributed by atoms with Crippen LogP contribution in [0.5, 0.6) is 0 Å². The monoisotopic (exact) mass is 218 g/mol. The summed E-state index contributed by atoms with van der Waals surface area (Å²) in [5.41, 5.74) is 1.01. The molecule has 0 aliphatic rings. The van der Waals surface area contributed by atoms with Gasteiger partial charge in [0.2, 0.25) is 0 Å². The lowest BCUT2D eigenvalue weighted by atomic mass is 9.99. The van der Waals surface area contributed by atoms with Gasteiger partial charge < -0.3 is 4.74 Å². The Balaban J connectivity index is 2.43. The quantitative estimate of drug-likeness (QED) is 0.575. The topological polar surface area (TPSA) is 26.3 Å². The number of hydrogen-bond donors (Lipinski definition) is 0. The molecular weight excluding hydrogens is 200 g/mol. The standard InChI is InChI=1S/C14H18O2/c1-14(2,3)11-16-13(15)10-9-12-7-5-4-6-8-12/h4-10H,11H2,1-3H3/b10-9+. The molecule has 0 aromatic heterocycles. The van der Waals surface area contributed by atoms with Gasteiger partial charge in [0, 0.05) is 6.08 Å². The van der Waals surface area contributed by atoms with E-state index in [2.05, 4.69) is 0 Å². The van der Waals surface area contributed by atoms with Crippen molar-refractivity contribution in [3.05, 3.63) is 42.0 Å². The van der Waals surface area contributed by atoms with Crippen LogP contribution in [0.2, 0.25) is 0 Å². The predicted molar refractivity (Wildman–Crippen MR) is 65.9 cm³/mol. The zero-order valence-corrected chi connectivity index (χ0v) is 10.1. The predicted octanol–water partition coefficient (Wildman–Crippen LogP) is 3.29. The summed E-state index contributed by atoms with van der Waals surface area (Å²) in [5, 5.41) is 0. The van der Waals surface area contributed by atoms with Crippen molar-refractivity contribution < 1.29 is 9.53 Å². The van der Waals surface area contributed by atoms with E-state index >= 15 is 0 Å². The first-order chi connectivity index (χ1) is 7.47. The molecule has 0 saturated carbocycles. The molecular formula is C14H18O2. The number of hydrogen-bond acceptors (Lipinski definition) is 2. The molecule has 16 heavy (non-hydrogen) atoms. The van der Waals surface area contributed by atoms with E-state index in [0.29, 0.717) is 6.61 Å². The molecule has 1 rings (SSSR count). The molecule has 0 amide bonds. The lowest BCUT2D eigenvalue weighted by Crippen LogP contribution is -2.17. The van der Waals surface area contributed by atoms with E-state index < -0.39 is 0 Å². The van der Waals surface area contributed by atoms with Gasteiger partial charge in [0.25, 0.3) is 0 Å². The third-order valence-electron chi connectivity index (χ3n) is 1.86. The highest BCUT2D eigenvalue weighted by atomic mass is 16.5. The van der Waals surface area contributed by atoms with Crippen LogP contribution in [0.3, 0.4) is 0 Å². The Morgan fingerprint density at radius 3 is 2.44 bits per heavy atom. The summed E-state index contributed by atoms with van der Waals surface area (Å²) in [6, 6.07) is 9.68. The first-order valence-electron chi connectivity index (χ1n) is 5.37. The number of carbonyl (C=O) groups is 1. The number of rotatable bonds is 3. The van der Waals surface area contributed by atoms with Crippen LogP contribution in [0.4, 0.5) is 0 Å². The van der Waals surface area contributed by atoms with E-state index in [1.54, 1.807) is 6.08 Å². The van der Waals surface area contributed by atoms with Gasteiger partial charge >= 0.3 is 5.97 Å². The molecule has 0 saturated heterocycles. The van der Waals surface area contributed by atoms with Crippen LogP contribution in [0.25, 0.3) is 6.08 Å². The Hall–Kier alpha value is -1.57. The molecule has 0 aliphatic carbocycles. The summed E-state index contributed by atoms with van der Waals surface area (Å²) in [5.74, 6) is -0.293. The number of benzene rings is 1. The molecule has 0 aliphatic heterocycles. The molecule has 0 radical (unpaired) electrons. The third-order valence-corrected chi connectivity index (χ3v) is 1.86. The largest absolute Gasteiger partial charge is 0.462 e. The average Bonchev–Trinajstić information content (AvgIpc) is 2.24. The van der Waals surface area contributed by atoms with E-state index in [1.165, 1.54) is 6.08 Å². The maximum Gasteiger partial charge on any atom is 0.330 e. The van der Waals surface area contributed by atoms with Crippen LogP contribution in [0.1, 0.15) is 26.3 Å². The molecule has 86 valence electrons. The highest BCUT2D eigenvalue weighted by Gasteiger charge is 2.12. The first-order valence-corrected chi connectivity index (χ1v) is 5.37. The summed E-state index contributed by atoms with van der Waals surface area (Å²) in [6.07, 6.45) is 3.21. The number of esters is 1. The second-order valence-corrected chi connectivity index (χ2v) is 4.91. The Morgan fingerprint density at radius 1 is 1.25 bits per heavy atom. The van der Waals surface area contributed by atoms with Crippen LogP contribution in [0, 0.1) is 5.41 Å². The van der Waals surface area contributed by atoms with Crippen LogP contribution in [-0.4, -0.2) is 12.6 Å². The van der Waals surface area contributed by atoms with Crippen molar-refractivity contribution in [2.24, 2.45) is 5.41 Å². The zero-order chi connectivity index (χ0) is 12.0. The van der Waals surface area contributed by atoms with Gasteiger partial charge in [-0.25, -0.2) is 4.79 Å². The van der Waals surface area contributed by atoms with E-state index in [0.717, 1.165) is 5.56 Å². The molecule has 0 atom stereocenters. The molecule has 0 N–H and O–H groups in total. The molecule has 0 bridgehead atoms. The maximum absolute atomic E-state index is 11.4. The summed E-state index contributed by atoms with van der Waals surface area (Å²) >= 11 is 0. The smallest absolute Gasteiger partial charge is 0.330 e. The Kier molecular flexibility index (Phi) is 4.29. The fourth-order valence-corrected chi connectivity index (χ4v) is 1.06. The van der Waals surface area contributed by atoms with Gasteiger partial charge in [-0.2, -0.15) is 0 Å². The fraction of sp³-hybridized carbons (Fsp3) is 0.357. The summed E-state index contributed by atoms with van der Waals surface area (Å²) in [6.45, 7) is 6.52. The van der Waals surface area contributed by atoms with Crippen molar-refractivity contribution in [2.45, 2.75) is 20.8 Å². The molecule has 0 heterocycles. The average molecular weight is 218 g/mol. The molecule has 0 fully saturated rings. The highest BCUT2D eigenvalue weighted by molar-refractivity contribution is 5.87. The van der Waals surface area contributed by atoms with Crippen molar-refractivity contribution >= 4 is 12.0 Å². The highest BCUT2D eigenvalue weighted by Crippen LogP contribution is 2.13. The van der Waals surface area contributed by atoms with E-state index in [-0.39, 0.29) is 11.4 Å². The van der Waals surface area contributed by atoms with Crippen molar-refractivity contribution in [3.8, 4) is 0 Å².